The lowest BCUT2D eigenvalue weighted by Crippen LogP contribution is -1.97. The Bertz CT molecular complexity index is 295. The van der Waals surface area contributed by atoms with Crippen molar-refractivity contribution >= 4 is 0 Å². The summed E-state index contributed by atoms with van der Waals surface area (Å²) in [5.74, 6) is -0.0692. The molecule has 0 atom stereocenters. The number of aliphatic hydroxyl groups is 2. The van der Waals surface area contributed by atoms with Gasteiger partial charge < -0.3 is 15.3 Å². The zero-order valence-corrected chi connectivity index (χ0v) is 8.27. The molecular formula is C11H16O3. The van der Waals surface area contributed by atoms with Crippen molar-refractivity contribution in [2.45, 2.75) is 32.5 Å². The van der Waals surface area contributed by atoms with Crippen molar-refractivity contribution < 1.29 is 15.3 Å². The minimum Gasteiger partial charge on any atom is -0.507 e. The summed E-state index contributed by atoms with van der Waals surface area (Å²) >= 11 is 0. The second kappa shape index (κ2) is 4.98. The number of aryl methyl sites for hydroxylation is 1. The van der Waals surface area contributed by atoms with Crippen LogP contribution in [0.3, 0.4) is 0 Å². The van der Waals surface area contributed by atoms with Gasteiger partial charge in [0.15, 0.2) is 6.29 Å². The highest BCUT2D eigenvalue weighted by Crippen LogP contribution is 2.24. The molecule has 0 radical (unpaired) electrons. The number of rotatable bonds is 4. The first kappa shape index (κ1) is 11.0. The number of aromatic hydroxyl groups is 1. The number of phenols is 1. The highest BCUT2D eigenvalue weighted by molar-refractivity contribution is 5.36. The van der Waals surface area contributed by atoms with Crippen LogP contribution >= 0.6 is 0 Å². The van der Waals surface area contributed by atoms with Crippen LogP contribution < -0.4 is 0 Å². The Hall–Kier alpha value is -1.06. The fourth-order valence-corrected chi connectivity index (χ4v) is 1.35. The minimum absolute atomic E-state index is 0.0692. The van der Waals surface area contributed by atoms with Crippen LogP contribution in [-0.4, -0.2) is 15.3 Å². The number of aliphatic hydroxyl groups excluding tert-OH is 1. The van der Waals surface area contributed by atoms with Crippen molar-refractivity contribution in [2.24, 2.45) is 0 Å². The second-order valence-corrected chi connectivity index (χ2v) is 3.37. The molecule has 1 aromatic rings. The topological polar surface area (TPSA) is 60.7 Å². The molecule has 1 aromatic carbocycles. The molecule has 0 fully saturated rings. The summed E-state index contributed by atoms with van der Waals surface area (Å²) in [5.41, 5.74) is 1.20. The highest BCUT2D eigenvalue weighted by Gasteiger charge is 2.09. The maximum absolute atomic E-state index is 9.31. The monoisotopic (exact) mass is 196 g/mol. The zero-order chi connectivity index (χ0) is 10.6. The third kappa shape index (κ3) is 2.72. The van der Waals surface area contributed by atoms with Gasteiger partial charge in [0.05, 0.1) is 0 Å². The molecule has 0 aromatic heterocycles. The Balaban J connectivity index is 2.83. The average Bonchev–Trinajstić information content (AvgIpc) is 2.16. The Morgan fingerprint density at radius 2 is 2.00 bits per heavy atom. The van der Waals surface area contributed by atoms with Gasteiger partial charge in [-0.3, -0.25) is 0 Å². The van der Waals surface area contributed by atoms with Gasteiger partial charge in [-0.25, -0.2) is 0 Å². The van der Waals surface area contributed by atoms with Crippen molar-refractivity contribution in [3.8, 4) is 5.75 Å². The van der Waals surface area contributed by atoms with E-state index >= 15 is 0 Å². The molecule has 0 saturated heterocycles. The van der Waals surface area contributed by atoms with Crippen LogP contribution in [0.15, 0.2) is 18.2 Å². The van der Waals surface area contributed by atoms with Gasteiger partial charge in [-0.15, -0.1) is 0 Å². The van der Waals surface area contributed by atoms with Gasteiger partial charge in [-0.05, 0) is 30.5 Å². The minimum atomic E-state index is -1.60. The van der Waals surface area contributed by atoms with Gasteiger partial charge in [0, 0.05) is 5.56 Å². The van der Waals surface area contributed by atoms with E-state index in [9.17, 15) is 5.11 Å². The molecule has 0 bridgehead atoms. The average molecular weight is 196 g/mol. The molecule has 78 valence electrons. The van der Waals surface area contributed by atoms with Crippen molar-refractivity contribution in [2.75, 3.05) is 0 Å². The van der Waals surface area contributed by atoms with Gasteiger partial charge in [-0.1, -0.05) is 19.4 Å². The SMILES string of the molecule is CCCCc1ccc(O)c(C(O)O)c1. The summed E-state index contributed by atoms with van der Waals surface area (Å²) in [6.45, 7) is 2.10. The fourth-order valence-electron chi connectivity index (χ4n) is 1.35. The molecule has 3 nitrogen and oxygen atoms in total. The largest absolute Gasteiger partial charge is 0.507 e. The highest BCUT2D eigenvalue weighted by atomic mass is 16.5. The normalized spacial score (nSPS) is 10.9. The quantitative estimate of drug-likeness (QED) is 0.642. The molecule has 0 aliphatic carbocycles. The Kier molecular flexibility index (Phi) is 3.92. The van der Waals surface area contributed by atoms with Crippen molar-refractivity contribution in [3.63, 3.8) is 0 Å². The summed E-state index contributed by atoms with van der Waals surface area (Å²) in [6, 6.07) is 4.94. The van der Waals surface area contributed by atoms with E-state index in [1.165, 1.54) is 6.07 Å². The summed E-state index contributed by atoms with van der Waals surface area (Å²) < 4.78 is 0. The lowest BCUT2D eigenvalue weighted by atomic mass is 10.0. The molecule has 0 heterocycles. The maximum atomic E-state index is 9.31. The molecule has 1 rings (SSSR count). The van der Waals surface area contributed by atoms with E-state index in [0.717, 1.165) is 24.8 Å². The summed E-state index contributed by atoms with van der Waals surface area (Å²) in [6.07, 6.45) is 1.46. The van der Waals surface area contributed by atoms with Gasteiger partial charge in [0.25, 0.3) is 0 Å². The van der Waals surface area contributed by atoms with Gasteiger partial charge in [0.1, 0.15) is 5.75 Å². The Morgan fingerprint density at radius 3 is 2.57 bits per heavy atom. The third-order valence-corrected chi connectivity index (χ3v) is 2.19. The Labute approximate surface area is 83.6 Å². The predicted molar refractivity (Wildman–Crippen MR) is 53.9 cm³/mol. The Morgan fingerprint density at radius 1 is 1.29 bits per heavy atom. The molecular weight excluding hydrogens is 180 g/mol. The molecule has 3 N–H and O–H groups in total. The van der Waals surface area contributed by atoms with E-state index in [0.29, 0.717) is 0 Å². The molecule has 0 spiro atoms. The van der Waals surface area contributed by atoms with Crippen LogP contribution in [0.2, 0.25) is 0 Å². The number of hydrogen-bond acceptors (Lipinski definition) is 3. The first-order valence-corrected chi connectivity index (χ1v) is 4.83. The van der Waals surface area contributed by atoms with Crippen LogP contribution in [0.5, 0.6) is 5.75 Å². The first-order valence-electron chi connectivity index (χ1n) is 4.83. The first-order chi connectivity index (χ1) is 6.65. The van der Waals surface area contributed by atoms with Crippen LogP contribution in [0.1, 0.15) is 37.2 Å². The van der Waals surface area contributed by atoms with E-state index < -0.39 is 6.29 Å². The van der Waals surface area contributed by atoms with E-state index in [1.54, 1.807) is 12.1 Å². The number of phenolic OH excluding ortho intramolecular Hbond substituents is 1. The lowest BCUT2D eigenvalue weighted by Gasteiger charge is -2.08. The lowest BCUT2D eigenvalue weighted by molar-refractivity contribution is -0.0439. The fraction of sp³-hybridized carbons (Fsp3) is 0.455. The van der Waals surface area contributed by atoms with Crippen molar-refractivity contribution in [1.82, 2.24) is 0 Å². The van der Waals surface area contributed by atoms with Crippen molar-refractivity contribution in [3.05, 3.63) is 29.3 Å². The van der Waals surface area contributed by atoms with Gasteiger partial charge >= 0.3 is 0 Å². The molecule has 0 aliphatic heterocycles. The van der Waals surface area contributed by atoms with Gasteiger partial charge in [-0.2, -0.15) is 0 Å². The predicted octanol–water partition coefficient (Wildman–Crippen LogP) is 1.72. The van der Waals surface area contributed by atoms with Crippen molar-refractivity contribution in [1.29, 1.82) is 0 Å². The van der Waals surface area contributed by atoms with E-state index in [4.69, 9.17) is 10.2 Å². The maximum Gasteiger partial charge on any atom is 0.182 e. The molecule has 0 unspecified atom stereocenters. The number of benzene rings is 1. The third-order valence-electron chi connectivity index (χ3n) is 2.19. The molecule has 0 saturated carbocycles. The number of unbranched alkanes of at least 4 members (excludes halogenated alkanes) is 1. The number of hydrogen-bond donors (Lipinski definition) is 3. The molecule has 0 aliphatic rings. The zero-order valence-electron chi connectivity index (χ0n) is 8.27. The molecule has 3 heteroatoms. The summed E-state index contributed by atoms with van der Waals surface area (Å²) in [7, 11) is 0. The second-order valence-electron chi connectivity index (χ2n) is 3.37. The van der Waals surface area contributed by atoms with Gasteiger partial charge in [0.2, 0.25) is 0 Å². The smallest absolute Gasteiger partial charge is 0.182 e. The van der Waals surface area contributed by atoms with E-state index in [2.05, 4.69) is 6.92 Å². The van der Waals surface area contributed by atoms with Crippen LogP contribution in [-0.2, 0) is 6.42 Å². The van der Waals surface area contributed by atoms with E-state index in [-0.39, 0.29) is 11.3 Å². The summed E-state index contributed by atoms with van der Waals surface area (Å²) in [5, 5.41) is 27.2. The summed E-state index contributed by atoms with van der Waals surface area (Å²) in [4.78, 5) is 0. The van der Waals surface area contributed by atoms with Crippen LogP contribution in [0.25, 0.3) is 0 Å². The van der Waals surface area contributed by atoms with Crippen LogP contribution in [0.4, 0.5) is 0 Å². The molecule has 0 amide bonds. The standard InChI is InChI=1S/C11H16O3/c1-2-3-4-8-5-6-10(12)9(7-8)11(13)14/h5-7,11-14H,2-4H2,1H3. The molecule has 14 heavy (non-hydrogen) atoms. The van der Waals surface area contributed by atoms with E-state index in [1.807, 2.05) is 0 Å². The van der Waals surface area contributed by atoms with Crippen LogP contribution in [0, 0.1) is 0 Å².